The zero-order valence-corrected chi connectivity index (χ0v) is 10.6. The summed E-state index contributed by atoms with van der Waals surface area (Å²) in [5.74, 6) is 0.798. The number of hydrogen-bond donors (Lipinski definition) is 1. The first kappa shape index (κ1) is 11.0. The largest absolute Gasteiger partial charge is 0.497 e. The van der Waals surface area contributed by atoms with E-state index in [1.807, 2.05) is 35.7 Å². The van der Waals surface area contributed by atoms with Crippen molar-refractivity contribution in [2.24, 2.45) is 0 Å². The van der Waals surface area contributed by atoms with Gasteiger partial charge in [-0.25, -0.2) is 0 Å². The quantitative estimate of drug-likeness (QED) is 0.730. The number of methoxy groups -OCH3 is 1. The number of hydrogen-bond acceptors (Lipinski definition) is 3. The lowest BCUT2D eigenvalue weighted by Crippen LogP contribution is -1.96. The van der Waals surface area contributed by atoms with E-state index in [4.69, 9.17) is 4.74 Å². The Labute approximate surface area is 108 Å². The zero-order chi connectivity index (χ0) is 12.5. The number of nitrogens with one attached hydrogen (secondary N) is 1. The van der Waals surface area contributed by atoms with Crippen molar-refractivity contribution in [1.82, 2.24) is 4.98 Å². The summed E-state index contributed by atoms with van der Waals surface area (Å²) in [6, 6.07) is 9.39. The van der Waals surface area contributed by atoms with Gasteiger partial charge in [0.1, 0.15) is 5.75 Å². The molecule has 3 nitrogen and oxygen atoms in total. The molecule has 0 unspecified atom stereocenters. The smallest absolute Gasteiger partial charge is 0.205 e. The van der Waals surface area contributed by atoms with Crippen LogP contribution in [0.1, 0.15) is 15.2 Å². The standard InChI is InChI=1S/C14H11NO2S/c1-17-9-4-5-12-10(7-9)11(8-15-12)14(16)13-3-2-6-18-13/h2-8,15H,1H3. The van der Waals surface area contributed by atoms with E-state index in [2.05, 4.69) is 4.98 Å². The Hall–Kier alpha value is -2.07. The highest BCUT2D eigenvalue weighted by atomic mass is 32.1. The van der Waals surface area contributed by atoms with E-state index in [0.717, 1.165) is 21.5 Å². The van der Waals surface area contributed by atoms with Gasteiger partial charge in [-0.15, -0.1) is 11.3 Å². The van der Waals surface area contributed by atoms with Gasteiger partial charge in [-0.3, -0.25) is 4.79 Å². The number of carbonyl (C=O) groups excluding carboxylic acids is 1. The predicted molar refractivity (Wildman–Crippen MR) is 72.6 cm³/mol. The highest BCUT2D eigenvalue weighted by molar-refractivity contribution is 7.12. The topological polar surface area (TPSA) is 42.1 Å². The maximum Gasteiger partial charge on any atom is 0.205 e. The number of aromatic nitrogens is 1. The number of aromatic amines is 1. The van der Waals surface area contributed by atoms with Crippen molar-refractivity contribution in [3.05, 3.63) is 52.3 Å². The molecule has 2 heterocycles. The van der Waals surface area contributed by atoms with Crippen LogP contribution in [-0.2, 0) is 0 Å². The Morgan fingerprint density at radius 1 is 1.33 bits per heavy atom. The molecule has 0 spiro atoms. The minimum absolute atomic E-state index is 0.0458. The van der Waals surface area contributed by atoms with Crippen LogP contribution < -0.4 is 4.74 Å². The van der Waals surface area contributed by atoms with Crippen LogP contribution in [0.5, 0.6) is 5.75 Å². The Bertz CT molecular complexity index is 698. The molecule has 0 bridgehead atoms. The summed E-state index contributed by atoms with van der Waals surface area (Å²) in [5, 5.41) is 2.80. The lowest BCUT2D eigenvalue weighted by atomic mass is 10.1. The van der Waals surface area contributed by atoms with Crippen LogP contribution in [0, 0.1) is 0 Å². The summed E-state index contributed by atoms with van der Waals surface area (Å²) in [7, 11) is 1.62. The second-order valence-corrected chi connectivity index (χ2v) is 4.87. The Morgan fingerprint density at radius 3 is 2.94 bits per heavy atom. The molecule has 0 aliphatic rings. The molecule has 0 saturated carbocycles. The van der Waals surface area contributed by atoms with Gasteiger partial charge in [-0.1, -0.05) is 6.07 Å². The van der Waals surface area contributed by atoms with Crippen molar-refractivity contribution in [2.75, 3.05) is 7.11 Å². The first-order chi connectivity index (χ1) is 8.79. The summed E-state index contributed by atoms with van der Waals surface area (Å²) in [5.41, 5.74) is 1.63. The molecule has 3 aromatic rings. The second-order valence-electron chi connectivity index (χ2n) is 3.92. The molecule has 18 heavy (non-hydrogen) atoms. The summed E-state index contributed by atoms with van der Waals surface area (Å²) in [6.45, 7) is 0. The first-order valence-electron chi connectivity index (χ1n) is 5.53. The molecular weight excluding hydrogens is 246 g/mol. The monoisotopic (exact) mass is 257 g/mol. The second kappa shape index (κ2) is 4.31. The van der Waals surface area contributed by atoms with E-state index in [1.54, 1.807) is 13.3 Å². The van der Waals surface area contributed by atoms with Crippen molar-refractivity contribution in [3.63, 3.8) is 0 Å². The van der Waals surface area contributed by atoms with Gasteiger partial charge in [0.05, 0.1) is 12.0 Å². The summed E-state index contributed by atoms with van der Waals surface area (Å²) in [4.78, 5) is 16.2. The maximum atomic E-state index is 12.3. The van der Waals surface area contributed by atoms with Gasteiger partial charge in [0, 0.05) is 22.7 Å². The van der Waals surface area contributed by atoms with Crippen molar-refractivity contribution >= 4 is 28.0 Å². The highest BCUT2D eigenvalue weighted by Gasteiger charge is 2.15. The third-order valence-electron chi connectivity index (χ3n) is 2.88. The van der Waals surface area contributed by atoms with Gasteiger partial charge in [-0.05, 0) is 29.6 Å². The normalized spacial score (nSPS) is 10.7. The fourth-order valence-corrected chi connectivity index (χ4v) is 2.63. The van der Waals surface area contributed by atoms with Crippen LogP contribution in [-0.4, -0.2) is 17.9 Å². The minimum atomic E-state index is 0.0458. The SMILES string of the molecule is COc1ccc2[nH]cc(C(=O)c3cccs3)c2c1. The van der Waals surface area contributed by atoms with Gasteiger partial charge in [-0.2, -0.15) is 0 Å². The lowest BCUT2D eigenvalue weighted by Gasteiger charge is -2.00. The van der Waals surface area contributed by atoms with Crippen LogP contribution in [0.15, 0.2) is 41.9 Å². The van der Waals surface area contributed by atoms with E-state index in [0.29, 0.717) is 5.56 Å². The van der Waals surface area contributed by atoms with Crippen molar-refractivity contribution in [3.8, 4) is 5.75 Å². The number of ether oxygens (including phenoxy) is 1. The molecule has 0 atom stereocenters. The number of thiophene rings is 1. The summed E-state index contributed by atoms with van der Waals surface area (Å²) in [6.07, 6.45) is 1.76. The van der Waals surface area contributed by atoms with Crippen LogP contribution in [0.2, 0.25) is 0 Å². The number of H-pyrrole nitrogens is 1. The maximum absolute atomic E-state index is 12.3. The van der Waals surface area contributed by atoms with E-state index in [1.165, 1.54) is 11.3 Å². The number of rotatable bonds is 3. The molecule has 0 aliphatic carbocycles. The minimum Gasteiger partial charge on any atom is -0.497 e. The average molecular weight is 257 g/mol. The molecule has 0 aliphatic heterocycles. The van der Waals surface area contributed by atoms with Gasteiger partial charge in [0.2, 0.25) is 5.78 Å². The van der Waals surface area contributed by atoms with E-state index in [9.17, 15) is 4.79 Å². The zero-order valence-electron chi connectivity index (χ0n) is 9.77. The Balaban J connectivity index is 2.14. The Kier molecular flexibility index (Phi) is 2.64. The highest BCUT2D eigenvalue weighted by Crippen LogP contribution is 2.26. The first-order valence-corrected chi connectivity index (χ1v) is 6.41. The molecule has 4 heteroatoms. The number of benzene rings is 1. The molecule has 2 aromatic heterocycles. The van der Waals surface area contributed by atoms with Crippen molar-refractivity contribution < 1.29 is 9.53 Å². The van der Waals surface area contributed by atoms with Gasteiger partial charge >= 0.3 is 0 Å². The van der Waals surface area contributed by atoms with Crippen LogP contribution in [0.25, 0.3) is 10.9 Å². The summed E-state index contributed by atoms with van der Waals surface area (Å²) < 4.78 is 5.19. The van der Waals surface area contributed by atoms with Gasteiger partial charge < -0.3 is 9.72 Å². The third-order valence-corrected chi connectivity index (χ3v) is 3.75. The van der Waals surface area contributed by atoms with E-state index < -0.39 is 0 Å². The number of fused-ring (bicyclic) bond motifs is 1. The van der Waals surface area contributed by atoms with Crippen LogP contribution >= 0.6 is 11.3 Å². The fourth-order valence-electron chi connectivity index (χ4n) is 1.96. The summed E-state index contributed by atoms with van der Waals surface area (Å²) >= 11 is 1.45. The molecule has 1 aromatic carbocycles. The Morgan fingerprint density at radius 2 is 2.22 bits per heavy atom. The predicted octanol–water partition coefficient (Wildman–Crippen LogP) is 3.47. The molecule has 90 valence electrons. The van der Waals surface area contributed by atoms with Crippen molar-refractivity contribution in [1.29, 1.82) is 0 Å². The van der Waals surface area contributed by atoms with Crippen LogP contribution in [0.3, 0.4) is 0 Å². The molecule has 0 saturated heterocycles. The third kappa shape index (κ3) is 1.71. The van der Waals surface area contributed by atoms with Gasteiger partial charge in [0.15, 0.2) is 0 Å². The van der Waals surface area contributed by atoms with Crippen LogP contribution in [0.4, 0.5) is 0 Å². The van der Waals surface area contributed by atoms with E-state index in [-0.39, 0.29) is 5.78 Å². The average Bonchev–Trinajstić information content (AvgIpc) is 3.06. The van der Waals surface area contributed by atoms with Gasteiger partial charge in [0.25, 0.3) is 0 Å². The number of ketones is 1. The molecule has 0 radical (unpaired) electrons. The number of carbonyl (C=O) groups is 1. The molecule has 0 fully saturated rings. The molecular formula is C14H11NO2S. The molecule has 1 N–H and O–H groups in total. The lowest BCUT2D eigenvalue weighted by molar-refractivity contribution is 0.104. The fraction of sp³-hybridized carbons (Fsp3) is 0.0714. The molecule has 3 rings (SSSR count). The molecule has 0 amide bonds. The van der Waals surface area contributed by atoms with E-state index >= 15 is 0 Å². The van der Waals surface area contributed by atoms with Crippen molar-refractivity contribution in [2.45, 2.75) is 0 Å².